The van der Waals surface area contributed by atoms with Gasteiger partial charge in [-0.15, -0.1) is 0 Å². The van der Waals surface area contributed by atoms with E-state index in [2.05, 4.69) is 9.22 Å². The highest BCUT2D eigenvalue weighted by Crippen LogP contribution is 2.60. The second-order valence-corrected chi connectivity index (χ2v) is 6.01. The van der Waals surface area contributed by atoms with Gasteiger partial charge in [0.1, 0.15) is 0 Å². The molecule has 0 aromatic heterocycles. The fourth-order valence-corrected chi connectivity index (χ4v) is 2.86. The lowest BCUT2D eigenvalue weighted by molar-refractivity contribution is -0.216. The second-order valence-electron chi connectivity index (χ2n) is 4.46. The topological polar surface area (TPSA) is 107 Å². The molecule has 2 saturated carbocycles. The molecule has 0 aromatic rings. The highest BCUT2D eigenvalue weighted by atomic mass is 32.2. The van der Waals surface area contributed by atoms with E-state index in [0.29, 0.717) is 12.8 Å². The molecule has 4 unspecified atom stereocenters. The molecule has 0 aromatic carbocycles. The Labute approximate surface area is 97.8 Å². The van der Waals surface area contributed by atoms with Crippen LogP contribution >= 0.6 is 0 Å². The summed E-state index contributed by atoms with van der Waals surface area (Å²) in [7, 11) is -3.84. The van der Waals surface area contributed by atoms with Crippen molar-refractivity contribution in [1.82, 2.24) is 0 Å². The van der Waals surface area contributed by atoms with Gasteiger partial charge >= 0.3 is 11.9 Å². The van der Waals surface area contributed by atoms with E-state index >= 15 is 0 Å². The Hall–Kier alpha value is -1.15. The van der Waals surface area contributed by atoms with Crippen LogP contribution < -0.4 is 0 Å². The van der Waals surface area contributed by atoms with Gasteiger partial charge in [0.2, 0.25) is 0 Å². The monoisotopic (exact) mass is 264 g/mol. The van der Waals surface area contributed by atoms with Gasteiger partial charge in [0, 0.05) is 0 Å². The van der Waals surface area contributed by atoms with Crippen LogP contribution in [0.3, 0.4) is 0 Å². The van der Waals surface area contributed by atoms with Gasteiger partial charge in [0.15, 0.2) is 0 Å². The molecule has 0 bridgehead atoms. The molecule has 0 aliphatic heterocycles. The quantitative estimate of drug-likeness (QED) is 0.552. The van der Waals surface area contributed by atoms with Gasteiger partial charge < -0.3 is 5.11 Å². The molecule has 0 amide bonds. The van der Waals surface area contributed by atoms with Crippen LogP contribution in [-0.2, 0) is 28.9 Å². The molecule has 2 aliphatic rings. The average molecular weight is 264 g/mol. The molecule has 2 aliphatic carbocycles. The summed E-state index contributed by atoms with van der Waals surface area (Å²) in [6.07, 6.45) is 1.93. The van der Waals surface area contributed by atoms with E-state index in [-0.39, 0.29) is 11.8 Å². The molecule has 0 heterocycles. The van der Waals surface area contributed by atoms with Crippen LogP contribution in [0.25, 0.3) is 0 Å². The second kappa shape index (κ2) is 3.95. The van der Waals surface area contributed by atoms with E-state index in [1.54, 1.807) is 0 Å². The zero-order valence-electron chi connectivity index (χ0n) is 9.03. The van der Waals surface area contributed by atoms with Gasteiger partial charge in [0.25, 0.3) is 10.1 Å². The van der Waals surface area contributed by atoms with Crippen LogP contribution in [-0.4, -0.2) is 31.7 Å². The fourth-order valence-electron chi connectivity index (χ4n) is 2.67. The summed E-state index contributed by atoms with van der Waals surface area (Å²) in [6.45, 7) is 0. The SMILES string of the molecule is CS(=O)(=O)OOC(=O)C1CCC2C(C(=O)O)C12. The molecule has 2 rings (SSSR count). The maximum absolute atomic E-state index is 11.5. The Morgan fingerprint density at radius 1 is 1.29 bits per heavy atom. The van der Waals surface area contributed by atoms with Crippen LogP contribution in [0.5, 0.6) is 0 Å². The summed E-state index contributed by atoms with van der Waals surface area (Å²) < 4.78 is 25.2. The minimum atomic E-state index is -3.84. The summed E-state index contributed by atoms with van der Waals surface area (Å²) in [4.78, 5) is 26.5. The van der Waals surface area contributed by atoms with E-state index in [1.165, 1.54) is 0 Å². The van der Waals surface area contributed by atoms with Crippen LogP contribution in [0, 0.1) is 23.7 Å². The molecule has 0 spiro atoms. The van der Waals surface area contributed by atoms with Crippen molar-refractivity contribution in [3.63, 3.8) is 0 Å². The number of carboxylic acid groups (broad SMARTS) is 1. The zero-order valence-corrected chi connectivity index (χ0v) is 9.85. The molecule has 17 heavy (non-hydrogen) atoms. The summed E-state index contributed by atoms with van der Waals surface area (Å²) in [5, 5.41) is 8.84. The number of fused-ring (bicyclic) bond motifs is 1. The molecule has 4 atom stereocenters. The number of carboxylic acids is 1. The number of hydrogen-bond donors (Lipinski definition) is 1. The lowest BCUT2D eigenvalue weighted by Gasteiger charge is -2.10. The first-order chi connectivity index (χ1) is 7.81. The van der Waals surface area contributed by atoms with Crippen LogP contribution in [0.4, 0.5) is 0 Å². The standard InChI is InChI=1S/C9H12O7S/c1-17(13,14)16-15-9(12)5-3-2-4-6(5)7(4)8(10)11/h4-7H,2-3H2,1H3,(H,10,11). The lowest BCUT2D eigenvalue weighted by atomic mass is 10.0. The fraction of sp³-hybridized carbons (Fsp3) is 0.778. The maximum atomic E-state index is 11.5. The summed E-state index contributed by atoms with van der Waals surface area (Å²) >= 11 is 0. The Morgan fingerprint density at radius 3 is 2.41 bits per heavy atom. The Bertz CT molecular complexity index is 454. The normalized spacial score (nSPS) is 35.1. The van der Waals surface area contributed by atoms with Gasteiger partial charge in [-0.05, 0) is 24.7 Å². The van der Waals surface area contributed by atoms with Crippen molar-refractivity contribution in [1.29, 1.82) is 0 Å². The van der Waals surface area contributed by atoms with E-state index in [1.807, 2.05) is 0 Å². The molecule has 0 saturated heterocycles. The van der Waals surface area contributed by atoms with Crippen molar-refractivity contribution in [2.24, 2.45) is 23.7 Å². The highest BCUT2D eigenvalue weighted by molar-refractivity contribution is 7.85. The van der Waals surface area contributed by atoms with E-state index in [9.17, 15) is 18.0 Å². The number of carbonyl (C=O) groups is 2. The van der Waals surface area contributed by atoms with Gasteiger partial charge in [-0.3, -0.25) is 9.68 Å². The summed E-state index contributed by atoms with van der Waals surface area (Å²) in [5.41, 5.74) is 0. The maximum Gasteiger partial charge on any atom is 0.347 e. The molecule has 8 heteroatoms. The molecule has 0 radical (unpaired) electrons. The first-order valence-electron chi connectivity index (χ1n) is 5.14. The molecular formula is C9H12O7S. The molecule has 96 valence electrons. The summed E-state index contributed by atoms with van der Waals surface area (Å²) in [6, 6.07) is 0. The van der Waals surface area contributed by atoms with Crippen molar-refractivity contribution < 1.29 is 32.3 Å². The number of aliphatic carboxylic acids is 1. The third-order valence-corrected chi connectivity index (χ3v) is 3.65. The minimum Gasteiger partial charge on any atom is -0.481 e. The first kappa shape index (κ1) is 12.3. The van der Waals surface area contributed by atoms with Crippen LogP contribution in [0.15, 0.2) is 0 Å². The smallest absolute Gasteiger partial charge is 0.347 e. The number of carbonyl (C=O) groups excluding carboxylic acids is 1. The third-order valence-electron chi connectivity index (χ3n) is 3.33. The number of rotatable bonds is 4. The predicted octanol–water partition coefficient (Wildman–Crippen LogP) is -0.222. The lowest BCUT2D eigenvalue weighted by Crippen LogP contribution is -2.22. The number of hydrogen-bond acceptors (Lipinski definition) is 6. The van der Waals surface area contributed by atoms with E-state index < -0.39 is 33.9 Å². The van der Waals surface area contributed by atoms with Crippen molar-refractivity contribution >= 4 is 22.1 Å². The van der Waals surface area contributed by atoms with Crippen molar-refractivity contribution in [3.8, 4) is 0 Å². The van der Waals surface area contributed by atoms with E-state index in [0.717, 1.165) is 6.26 Å². The molecule has 2 fully saturated rings. The minimum absolute atomic E-state index is 0.0169. The van der Waals surface area contributed by atoms with Gasteiger partial charge in [-0.25, -0.2) is 4.79 Å². The largest absolute Gasteiger partial charge is 0.481 e. The van der Waals surface area contributed by atoms with Crippen molar-refractivity contribution in [2.45, 2.75) is 12.8 Å². The van der Waals surface area contributed by atoms with Crippen LogP contribution in [0.1, 0.15) is 12.8 Å². The van der Waals surface area contributed by atoms with Crippen molar-refractivity contribution in [3.05, 3.63) is 0 Å². The average Bonchev–Trinajstić information content (AvgIpc) is 2.76. The predicted molar refractivity (Wildman–Crippen MR) is 52.9 cm³/mol. The zero-order chi connectivity index (χ0) is 12.8. The highest BCUT2D eigenvalue weighted by Gasteiger charge is 2.64. The molecule has 1 N–H and O–H groups in total. The Morgan fingerprint density at radius 2 is 1.94 bits per heavy atom. The summed E-state index contributed by atoms with van der Waals surface area (Å²) in [5.74, 6) is -3.00. The van der Waals surface area contributed by atoms with Gasteiger partial charge in [-0.2, -0.15) is 8.42 Å². The first-order valence-corrected chi connectivity index (χ1v) is 6.95. The van der Waals surface area contributed by atoms with Gasteiger partial charge in [-0.1, -0.05) is 4.33 Å². The van der Waals surface area contributed by atoms with E-state index in [4.69, 9.17) is 5.11 Å². The molecule has 7 nitrogen and oxygen atoms in total. The van der Waals surface area contributed by atoms with Crippen LogP contribution in [0.2, 0.25) is 0 Å². The van der Waals surface area contributed by atoms with Crippen molar-refractivity contribution in [2.75, 3.05) is 6.26 Å². The van der Waals surface area contributed by atoms with Gasteiger partial charge in [0.05, 0.1) is 18.1 Å². The Balaban J connectivity index is 1.92. The Kier molecular flexibility index (Phi) is 2.86. The third kappa shape index (κ3) is 2.42. The molecular weight excluding hydrogens is 252 g/mol.